The van der Waals surface area contributed by atoms with E-state index in [0.717, 1.165) is 38.8 Å². The molecular formula is C15H30N2O3S. The lowest BCUT2D eigenvalue weighted by molar-refractivity contribution is -0.131. The maximum Gasteiger partial charge on any atom is 0.219 e. The van der Waals surface area contributed by atoms with Crippen molar-refractivity contribution in [2.45, 2.75) is 53.4 Å². The summed E-state index contributed by atoms with van der Waals surface area (Å²) in [6.07, 6.45) is 3.93. The van der Waals surface area contributed by atoms with E-state index >= 15 is 0 Å². The minimum absolute atomic E-state index is 0.154. The van der Waals surface area contributed by atoms with Gasteiger partial charge in [-0.15, -0.1) is 0 Å². The third kappa shape index (κ3) is 4.42. The molecule has 1 spiro atoms. The molecule has 0 radical (unpaired) electrons. The molecule has 2 rings (SSSR count). The first-order chi connectivity index (χ1) is 9.88. The maximum atomic E-state index is 11.8. The van der Waals surface area contributed by atoms with Crippen LogP contribution in [0.4, 0.5) is 0 Å². The monoisotopic (exact) mass is 318 g/mol. The van der Waals surface area contributed by atoms with Crippen LogP contribution in [0.15, 0.2) is 0 Å². The van der Waals surface area contributed by atoms with Gasteiger partial charge < -0.3 is 4.90 Å². The van der Waals surface area contributed by atoms with Crippen molar-refractivity contribution in [1.82, 2.24) is 9.21 Å². The van der Waals surface area contributed by atoms with Crippen molar-refractivity contribution in [3.05, 3.63) is 0 Å². The van der Waals surface area contributed by atoms with E-state index in [0.29, 0.717) is 13.1 Å². The summed E-state index contributed by atoms with van der Waals surface area (Å²) in [5.74, 6) is 0.346. The Morgan fingerprint density at radius 3 is 1.81 bits per heavy atom. The molecule has 2 fully saturated rings. The summed E-state index contributed by atoms with van der Waals surface area (Å²) in [5.41, 5.74) is 0.270. The second-order valence-electron chi connectivity index (χ2n) is 5.81. The van der Waals surface area contributed by atoms with Crippen LogP contribution in [-0.2, 0) is 14.8 Å². The Balaban J connectivity index is 0.00000106. The van der Waals surface area contributed by atoms with E-state index in [1.807, 2.05) is 18.7 Å². The van der Waals surface area contributed by atoms with Crippen molar-refractivity contribution in [2.75, 3.05) is 31.9 Å². The maximum absolute atomic E-state index is 11.8. The van der Waals surface area contributed by atoms with Gasteiger partial charge in [-0.3, -0.25) is 4.79 Å². The number of amides is 1. The van der Waals surface area contributed by atoms with Gasteiger partial charge >= 0.3 is 0 Å². The Morgan fingerprint density at radius 1 is 1.00 bits per heavy atom. The molecule has 21 heavy (non-hydrogen) atoms. The molecule has 6 heteroatoms. The summed E-state index contributed by atoms with van der Waals surface area (Å²) < 4.78 is 25.3. The Bertz CT molecular complexity index is 430. The second-order valence-corrected chi connectivity index (χ2v) is 8.06. The number of carbonyl (C=O) groups is 1. The van der Waals surface area contributed by atoms with Crippen LogP contribution in [0.25, 0.3) is 0 Å². The number of nitrogens with zero attached hydrogens (tertiary/aromatic N) is 2. The largest absolute Gasteiger partial charge is 0.343 e. The summed E-state index contributed by atoms with van der Waals surface area (Å²) >= 11 is 0. The predicted molar refractivity (Wildman–Crippen MR) is 85.5 cm³/mol. The number of likely N-dealkylation sites (tertiary alicyclic amines) is 1. The zero-order chi connectivity index (χ0) is 16.1. The molecule has 5 nitrogen and oxygen atoms in total. The van der Waals surface area contributed by atoms with E-state index in [2.05, 4.69) is 0 Å². The highest BCUT2D eigenvalue weighted by molar-refractivity contribution is 7.89. The van der Waals surface area contributed by atoms with Gasteiger partial charge in [0.1, 0.15) is 0 Å². The lowest BCUT2D eigenvalue weighted by Crippen LogP contribution is -2.49. The number of sulfonamides is 1. The molecule has 0 aromatic rings. The minimum Gasteiger partial charge on any atom is -0.343 e. The molecule has 2 heterocycles. The zero-order valence-electron chi connectivity index (χ0n) is 13.9. The van der Waals surface area contributed by atoms with Gasteiger partial charge in [0.25, 0.3) is 0 Å². The average molecular weight is 318 g/mol. The molecule has 0 unspecified atom stereocenters. The zero-order valence-corrected chi connectivity index (χ0v) is 14.7. The van der Waals surface area contributed by atoms with E-state index < -0.39 is 10.0 Å². The van der Waals surface area contributed by atoms with E-state index in [1.165, 1.54) is 0 Å². The number of rotatable bonds is 2. The van der Waals surface area contributed by atoms with E-state index in [4.69, 9.17) is 0 Å². The van der Waals surface area contributed by atoms with Crippen molar-refractivity contribution < 1.29 is 13.2 Å². The van der Waals surface area contributed by atoms with Gasteiger partial charge in [0.15, 0.2) is 0 Å². The highest BCUT2D eigenvalue weighted by Gasteiger charge is 2.40. The first kappa shape index (κ1) is 18.4. The minimum atomic E-state index is -3.03. The van der Waals surface area contributed by atoms with Gasteiger partial charge in [-0.2, -0.15) is 0 Å². The first-order valence-electron chi connectivity index (χ1n) is 8.12. The standard InChI is InChI=1S/C13H24N2O3S.C2H6/c1-3-19(17,18)15-10-6-13(7-11-15)4-8-14(9-5-13)12(2)16;1-2/h3-11H2,1-2H3;1-2H3. The molecule has 2 aliphatic heterocycles. The molecule has 0 atom stereocenters. The van der Waals surface area contributed by atoms with E-state index in [-0.39, 0.29) is 17.1 Å². The van der Waals surface area contributed by atoms with Gasteiger partial charge in [0.05, 0.1) is 5.75 Å². The molecular weight excluding hydrogens is 288 g/mol. The van der Waals surface area contributed by atoms with Crippen LogP contribution in [0.5, 0.6) is 0 Å². The van der Waals surface area contributed by atoms with Crippen molar-refractivity contribution in [3.63, 3.8) is 0 Å². The van der Waals surface area contributed by atoms with Crippen LogP contribution in [0.2, 0.25) is 0 Å². The first-order valence-corrected chi connectivity index (χ1v) is 9.73. The average Bonchev–Trinajstić information content (AvgIpc) is 2.50. The van der Waals surface area contributed by atoms with Crippen LogP contribution in [-0.4, -0.2) is 55.5 Å². The van der Waals surface area contributed by atoms with Crippen LogP contribution in [0, 0.1) is 5.41 Å². The molecule has 1 amide bonds. The van der Waals surface area contributed by atoms with Gasteiger partial charge in [-0.1, -0.05) is 13.8 Å². The van der Waals surface area contributed by atoms with Crippen LogP contribution in [0.1, 0.15) is 53.4 Å². The smallest absolute Gasteiger partial charge is 0.219 e. The van der Waals surface area contributed by atoms with Crippen LogP contribution < -0.4 is 0 Å². The van der Waals surface area contributed by atoms with Gasteiger partial charge in [-0.05, 0) is 38.0 Å². The van der Waals surface area contributed by atoms with Gasteiger partial charge in [-0.25, -0.2) is 12.7 Å². The molecule has 0 bridgehead atoms. The third-order valence-corrected chi connectivity index (χ3v) is 6.69. The summed E-state index contributed by atoms with van der Waals surface area (Å²) in [5, 5.41) is 0. The SMILES string of the molecule is CC.CCS(=O)(=O)N1CCC2(CCN(C(C)=O)CC2)CC1. The summed E-state index contributed by atoms with van der Waals surface area (Å²) in [6, 6.07) is 0. The Labute approximate surface area is 129 Å². The summed E-state index contributed by atoms with van der Waals surface area (Å²) in [6.45, 7) is 10.3. The normalized spacial score (nSPS) is 22.6. The second kappa shape index (κ2) is 7.58. The van der Waals surface area contributed by atoms with Crippen molar-refractivity contribution in [2.24, 2.45) is 5.41 Å². The molecule has 0 aromatic heterocycles. The fourth-order valence-electron chi connectivity index (χ4n) is 3.22. The summed E-state index contributed by atoms with van der Waals surface area (Å²) in [7, 11) is -3.03. The van der Waals surface area contributed by atoms with Crippen molar-refractivity contribution in [1.29, 1.82) is 0 Å². The fraction of sp³-hybridized carbons (Fsp3) is 0.933. The van der Waals surface area contributed by atoms with Crippen molar-refractivity contribution in [3.8, 4) is 0 Å². The topological polar surface area (TPSA) is 57.7 Å². The molecule has 0 aromatic carbocycles. The van der Waals surface area contributed by atoms with E-state index in [1.54, 1.807) is 18.2 Å². The predicted octanol–water partition coefficient (Wildman–Crippen LogP) is 2.09. The molecule has 0 aliphatic carbocycles. The molecule has 0 saturated carbocycles. The highest BCUT2D eigenvalue weighted by Crippen LogP contribution is 2.41. The number of piperidine rings is 2. The molecule has 2 aliphatic rings. The van der Waals surface area contributed by atoms with Crippen LogP contribution in [0.3, 0.4) is 0 Å². The number of hydrogen-bond acceptors (Lipinski definition) is 3. The Morgan fingerprint density at radius 2 is 1.43 bits per heavy atom. The lowest BCUT2D eigenvalue weighted by Gasteiger charge is -2.46. The van der Waals surface area contributed by atoms with Gasteiger partial charge in [0, 0.05) is 33.1 Å². The highest BCUT2D eigenvalue weighted by atomic mass is 32.2. The Kier molecular flexibility index (Phi) is 6.66. The Hall–Kier alpha value is -0.620. The number of hydrogen-bond donors (Lipinski definition) is 0. The molecule has 0 N–H and O–H groups in total. The fourth-order valence-corrected chi connectivity index (χ4v) is 4.32. The van der Waals surface area contributed by atoms with E-state index in [9.17, 15) is 13.2 Å². The lowest BCUT2D eigenvalue weighted by atomic mass is 9.71. The number of carbonyl (C=O) groups excluding carboxylic acids is 1. The van der Waals surface area contributed by atoms with Crippen molar-refractivity contribution >= 4 is 15.9 Å². The summed E-state index contributed by atoms with van der Waals surface area (Å²) in [4.78, 5) is 13.2. The third-order valence-electron chi connectivity index (χ3n) is 4.81. The van der Waals surface area contributed by atoms with Crippen LogP contribution >= 0.6 is 0 Å². The molecule has 2 saturated heterocycles. The quantitative estimate of drug-likeness (QED) is 0.783. The van der Waals surface area contributed by atoms with Gasteiger partial charge in [0.2, 0.25) is 15.9 Å². The molecule has 124 valence electrons.